The van der Waals surface area contributed by atoms with Gasteiger partial charge in [-0.2, -0.15) is 0 Å². The molecule has 0 aromatic heterocycles. The van der Waals surface area contributed by atoms with Gasteiger partial charge in [0.25, 0.3) is 11.8 Å². The van der Waals surface area contributed by atoms with Crippen LogP contribution in [0.3, 0.4) is 0 Å². The molecular formula is C15H17NO4S. The van der Waals surface area contributed by atoms with Gasteiger partial charge in [-0.25, -0.2) is 0 Å². The number of nitrogens with zero attached hydrogens (tertiary/aromatic N) is 1. The molecule has 0 unspecified atom stereocenters. The first-order valence-corrected chi connectivity index (χ1v) is 7.61. The molecule has 0 saturated heterocycles. The van der Waals surface area contributed by atoms with Crippen molar-refractivity contribution in [1.29, 1.82) is 0 Å². The largest absolute Gasteiger partial charge is 0.496 e. The van der Waals surface area contributed by atoms with Crippen LogP contribution in [-0.2, 0) is 9.59 Å². The van der Waals surface area contributed by atoms with Crippen molar-refractivity contribution in [3.8, 4) is 5.75 Å². The lowest BCUT2D eigenvalue weighted by Crippen LogP contribution is -2.31. The average Bonchev–Trinajstić information content (AvgIpc) is 2.75. The Hall–Kier alpha value is -1.79. The Morgan fingerprint density at radius 1 is 1.24 bits per heavy atom. The van der Waals surface area contributed by atoms with Gasteiger partial charge in [0.15, 0.2) is 0 Å². The maximum Gasteiger partial charge on any atom is 0.267 e. The summed E-state index contributed by atoms with van der Waals surface area (Å²) in [5.41, 5.74) is 0.965. The maximum atomic E-state index is 12.5. The summed E-state index contributed by atoms with van der Waals surface area (Å²) in [6.45, 7) is 2.02. The highest BCUT2D eigenvalue weighted by atomic mass is 32.2. The van der Waals surface area contributed by atoms with E-state index in [-0.39, 0.29) is 18.4 Å². The van der Waals surface area contributed by atoms with E-state index in [1.165, 1.54) is 23.8 Å². The predicted octanol–water partition coefficient (Wildman–Crippen LogP) is 1.52. The minimum Gasteiger partial charge on any atom is -0.496 e. The Morgan fingerprint density at radius 3 is 2.57 bits per heavy atom. The van der Waals surface area contributed by atoms with Gasteiger partial charge in [-0.15, -0.1) is 11.8 Å². The number of methoxy groups -OCH3 is 1. The number of amides is 2. The van der Waals surface area contributed by atoms with Gasteiger partial charge in [0.05, 0.1) is 24.2 Å². The summed E-state index contributed by atoms with van der Waals surface area (Å²) in [5.74, 6) is 0.299. The van der Waals surface area contributed by atoms with Crippen LogP contribution in [0.2, 0.25) is 0 Å². The summed E-state index contributed by atoms with van der Waals surface area (Å²) >= 11 is 1.20. The molecule has 2 amide bonds. The van der Waals surface area contributed by atoms with E-state index in [0.29, 0.717) is 34.1 Å². The van der Waals surface area contributed by atoms with E-state index < -0.39 is 0 Å². The number of benzene rings is 1. The molecule has 1 heterocycles. The van der Waals surface area contributed by atoms with E-state index in [9.17, 15) is 9.59 Å². The first-order chi connectivity index (χ1) is 10.2. The maximum absolute atomic E-state index is 12.5. The number of rotatable bonds is 6. The zero-order valence-electron chi connectivity index (χ0n) is 12.0. The molecule has 0 spiro atoms. The van der Waals surface area contributed by atoms with Crippen molar-refractivity contribution >= 4 is 29.1 Å². The van der Waals surface area contributed by atoms with Crippen LogP contribution < -0.4 is 4.74 Å². The summed E-state index contributed by atoms with van der Waals surface area (Å²) in [6.07, 6.45) is 0. The number of carbonyl (C=O) groups excluding carboxylic acids is 2. The fraction of sp³-hybridized carbons (Fsp3) is 0.333. The molecule has 1 aliphatic heterocycles. The van der Waals surface area contributed by atoms with Gasteiger partial charge in [0, 0.05) is 17.9 Å². The normalized spacial score (nSPS) is 15.1. The number of hydrogen-bond acceptors (Lipinski definition) is 5. The van der Waals surface area contributed by atoms with Crippen LogP contribution in [0.15, 0.2) is 29.2 Å². The Labute approximate surface area is 127 Å². The fourth-order valence-electron chi connectivity index (χ4n) is 2.21. The number of carbonyl (C=O) groups is 2. The first kappa shape index (κ1) is 15.6. The molecule has 0 atom stereocenters. The van der Waals surface area contributed by atoms with Gasteiger partial charge in [0.2, 0.25) is 0 Å². The molecule has 2 rings (SSSR count). The number of likely N-dealkylation sites (N-methyl/N-ethyl adjacent to an activating group) is 1. The van der Waals surface area contributed by atoms with Gasteiger partial charge < -0.3 is 9.84 Å². The lowest BCUT2D eigenvalue weighted by Gasteiger charge is -2.12. The zero-order chi connectivity index (χ0) is 15.4. The molecule has 0 fully saturated rings. The van der Waals surface area contributed by atoms with Gasteiger partial charge in [0.1, 0.15) is 5.75 Å². The van der Waals surface area contributed by atoms with Crippen LogP contribution in [-0.4, -0.2) is 47.8 Å². The average molecular weight is 307 g/mol. The van der Waals surface area contributed by atoms with E-state index in [2.05, 4.69) is 0 Å². The highest BCUT2D eigenvalue weighted by Crippen LogP contribution is 2.39. The molecule has 0 radical (unpaired) electrons. The van der Waals surface area contributed by atoms with Crippen LogP contribution in [0.25, 0.3) is 5.57 Å². The number of para-hydroxylation sites is 1. The molecule has 1 aromatic rings. The minimum absolute atomic E-state index is 0.0546. The third-order valence-corrected chi connectivity index (χ3v) is 4.21. The molecular weight excluding hydrogens is 290 g/mol. The number of hydrogen-bond donors (Lipinski definition) is 1. The van der Waals surface area contributed by atoms with Crippen LogP contribution in [0.4, 0.5) is 0 Å². The molecule has 1 aromatic carbocycles. The molecule has 0 aliphatic carbocycles. The SMILES string of the molecule is CCN1C(=O)C(SCCO)=C(c2ccccc2OC)C1=O. The summed E-state index contributed by atoms with van der Waals surface area (Å²) in [4.78, 5) is 26.4. The van der Waals surface area contributed by atoms with Crippen LogP contribution >= 0.6 is 11.8 Å². The second-order valence-corrected chi connectivity index (χ2v) is 5.44. The number of aliphatic hydroxyl groups excluding tert-OH is 1. The van der Waals surface area contributed by atoms with Crippen molar-refractivity contribution in [2.45, 2.75) is 6.92 Å². The fourth-order valence-corrected chi connectivity index (χ4v) is 3.08. The molecule has 6 heteroatoms. The molecule has 1 N–H and O–H groups in total. The third-order valence-electron chi connectivity index (χ3n) is 3.16. The Balaban J connectivity index is 2.55. The van der Waals surface area contributed by atoms with Gasteiger partial charge >= 0.3 is 0 Å². The summed E-state index contributed by atoms with van der Waals surface area (Å²) in [6, 6.07) is 7.12. The quantitative estimate of drug-likeness (QED) is 0.807. The van der Waals surface area contributed by atoms with Gasteiger partial charge in [-0.3, -0.25) is 14.5 Å². The second kappa shape index (κ2) is 6.78. The van der Waals surface area contributed by atoms with E-state index in [1.807, 2.05) is 6.07 Å². The smallest absolute Gasteiger partial charge is 0.267 e. The topological polar surface area (TPSA) is 66.8 Å². The Kier molecular flexibility index (Phi) is 5.03. The Bertz CT molecular complexity index is 597. The van der Waals surface area contributed by atoms with Crippen molar-refractivity contribution in [2.75, 3.05) is 26.0 Å². The molecule has 112 valence electrons. The van der Waals surface area contributed by atoms with Crippen molar-refractivity contribution in [3.63, 3.8) is 0 Å². The van der Waals surface area contributed by atoms with Crippen molar-refractivity contribution < 1.29 is 19.4 Å². The van der Waals surface area contributed by atoms with Crippen molar-refractivity contribution in [1.82, 2.24) is 4.90 Å². The summed E-state index contributed by atoms with van der Waals surface area (Å²) in [7, 11) is 1.53. The van der Waals surface area contributed by atoms with Crippen LogP contribution in [0, 0.1) is 0 Å². The minimum atomic E-state index is -0.313. The zero-order valence-corrected chi connectivity index (χ0v) is 12.8. The lowest BCUT2D eigenvalue weighted by molar-refractivity contribution is -0.136. The van der Waals surface area contributed by atoms with E-state index in [4.69, 9.17) is 9.84 Å². The van der Waals surface area contributed by atoms with Crippen LogP contribution in [0.1, 0.15) is 12.5 Å². The standard InChI is InChI=1S/C15H17NO4S/c1-3-16-14(18)12(13(15(16)19)21-9-8-17)10-6-4-5-7-11(10)20-2/h4-7,17H,3,8-9H2,1-2H3. The van der Waals surface area contributed by atoms with E-state index in [1.54, 1.807) is 25.1 Å². The van der Waals surface area contributed by atoms with Gasteiger partial charge in [-0.1, -0.05) is 18.2 Å². The van der Waals surface area contributed by atoms with Gasteiger partial charge in [-0.05, 0) is 13.0 Å². The molecule has 0 bridgehead atoms. The monoisotopic (exact) mass is 307 g/mol. The molecule has 5 nitrogen and oxygen atoms in total. The first-order valence-electron chi connectivity index (χ1n) is 6.63. The number of ether oxygens (including phenoxy) is 1. The summed E-state index contributed by atoms with van der Waals surface area (Å²) < 4.78 is 5.29. The third kappa shape index (κ3) is 2.82. The predicted molar refractivity (Wildman–Crippen MR) is 81.9 cm³/mol. The molecule has 0 saturated carbocycles. The second-order valence-electron chi connectivity index (χ2n) is 4.33. The highest BCUT2D eigenvalue weighted by molar-refractivity contribution is 8.04. The Morgan fingerprint density at radius 2 is 1.95 bits per heavy atom. The summed E-state index contributed by atoms with van der Waals surface area (Å²) in [5, 5.41) is 8.98. The lowest BCUT2D eigenvalue weighted by atomic mass is 10.1. The van der Waals surface area contributed by atoms with Crippen molar-refractivity contribution in [3.05, 3.63) is 34.7 Å². The van der Waals surface area contributed by atoms with Crippen molar-refractivity contribution in [2.24, 2.45) is 0 Å². The molecule has 21 heavy (non-hydrogen) atoms. The van der Waals surface area contributed by atoms with E-state index >= 15 is 0 Å². The number of aliphatic hydroxyl groups is 1. The number of thioether (sulfide) groups is 1. The highest BCUT2D eigenvalue weighted by Gasteiger charge is 2.39. The van der Waals surface area contributed by atoms with Crippen LogP contribution in [0.5, 0.6) is 5.75 Å². The number of imide groups is 1. The van der Waals surface area contributed by atoms with E-state index in [0.717, 1.165) is 0 Å². The molecule has 1 aliphatic rings.